The Kier molecular flexibility index (Phi) is 8.49. The predicted octanol–water partition coefficient (Wildman–Crippen LogP) is 4.52. The maximum atomic E-state index is 12.8. The van der Waals surface area contributed by atoms with E-state index in [1.165, 1.54) is 31.2 Å². The van der Waals surface area contributed by atoms with Gasteiger partial charge in [0.15, 0.2) is 0 Å². The first-order valence-corrected chi connectivity index (χ1v) is 12.2. The van der Waals surface area contributed by atoms with Crippen molar-refractivity contribution in [2.24, 2.45) is 0 Å². The Hall–Kier alpha value is -3.07. The van der Waals surface area contributed by atoms with Crippen molar-refractivity contribution in [2.75, 3.05) is 5.32 Å². The number of benzene rings is 2. The number of carbonyl (C=O) groups is 2. The molecule has 0 fully saturated rings. The van der Waals surface area contributed by atoms with Crippen LogP contribution >= 0.6 is 0 Å². The molecule has 2 N–H and O–H groups in total. The van der Waals surface area contributed by atoms with Gasteiger partial charge < -0.3 is 19.7 Å². The molecule has 180 valence electrons. The van der Waals surface area contributed by atoms with Gasteiger partial charge in [0.25, 0.3) is 0 Å². The van der Waals surface area contributed by atoms with E-state index >= 15 is 0 Å². The van der Waals surface area contributed by atoms with Gasteiger partial charge in [0, 0.05) is 30.7 Å². The quantitative estimate of drug-likeness (QED) is 0.546. The third-order valence-corrected chi connectivity index (χ3v) is 6.05. The average Bonchev–Trinajstić information content (AvgIpc) is 2.70. The van der Waals surface area contributed by atoms with Gasteiger partial charge >= 0.3 is 16.1 Å². The zero-order valence-electron chi connectivity index (χ0n) is 20.0. The van der Waals surface area contributed by atoms with Crippen molar-refractivity contribution in [1.82, 2.24) is 10.2 Å². The lowest BCUT2D eigenvalue weighted by Gasteiger charge is -2.32. The highest BCUT2D eigenvalue weighted by molar-refractivity contribution is 7.87. The van der Waals surface area contributed by atoms with Gasteiger partial charge in [-0.2, -0.15) is 8.42 Å². The van der Waals surface area contributed by atoms with Gasteiger partial charge in [-0.1, -0.05) is 19.1 Å². The molecule has 2 rings (SSSR count). The maximum Gasteiger partial charge on any atom is 0.339 e. The molecule has 0 saturated carbocycles. The summed E-state index contributed by atoms with van der Waals surface area (Å²) in [5.74, 6) is -0.0972. The van der Waals surface area contributed by atoms with Crippen LogP contribution in [-0.2, 0) is 21.5 Å². The molecule has 0 bridgehead atoms. The summed E-state index contributed by atoms with van der Waals surface area (Å²) in [6, 6.07) is 12.2. The third-order valence-electron chi connectivity index (χ3n) is 4.79. The number of nitrogens with one attached hydrogen (secondary N) is 2. The number of hydrogen-bond donors (Lipinski definition) is 2. The van der Waals surface area contributed by atoms with Crippen LogP contribution < -0.4 is 14.8 Å². The van der Waals surface area contributed by atoms with Crippen LogP contribution in [0.15, 0.2) is 53.4 Å². The van der Waals surface area contributed by atoms with Crippen LogP contribution in [0, 0.1) is 0 Å². The molecule has 3 amide bonds. The van der Waals surface area contributed by atoms with Crippen molar-refractivity contribution in [2.45, 2.75) is 71.0 Å². The molecular formula is C24H33N3O5S. The molecule has 2 aromatic carbocycles. The normalized spacial score (nSPS) is 12.5. The highest BCUT2D eigenvalue weighted by Crippen LogP contribution is 2.23. The summed E-state index contributed by atoms with van der Waals surface area (Å²) >= 11 is 0. The molecule has 0 saturated heterocycles. The average molecular weight is 476 g/mol. The van der Waals surface area contributed by atoms with Crippen molar-refractivity contribution in [1.29, 1.82) is 0 Å². The zero-order valence-corrected chi connectivity index (χ0v) is 20.8. The number of carbonyl (C=O) groups excluding carboxylic acids is 2. The summed E-state index contributed by atoms with van der Waals surface area (Å²) in [4.78, 5) is 25.6. The minimum Gasteiger partial charge on any atom is -0.379 e. The van der Waals surface area contributed by atoms with E-state index in [4.69, 9.17) is 4.18 Å². The van der Waals surface area contributed by atoms with E-state index in [-0.39, 0.29) is 34.2 Å². The van der Waals surface area contributed by atoms with Gasteiger partial charge in [-0.15, -0.1) is 0 Å². The number of hydrogen-bond acceptors (Lipinski definition) is 5. The summed E-state index contributed by atoms with van der Waals surface area (Å²) in [6.45, 7) is 11.4. The van der Waals surface area contributed by atoms with Gasteiger partial charge in [-0.3, -0.25) is 4.79 Å². The fourth-order valence-corrected chi connectivity index (χ4v) is 3.94. The molecule has 0 aliphatic heterocycles. The minimum atomic E-state index is -4.07. The summed E-state index contributed by atoms with van der Waals surface area (Å²) in [7, 11) is -4.07. The Morgan fingerprint density at radius 3 is 2.27 bits per heavy atom. The third kappa shape index (κ3) is 8.09. The highest BCUT2D eigenvalue weighted by Gasteiger charge is 2.24. The molecule has 0 aliphatic rings. The van der Waals surface area contributed by atoms with Crippen LogP contribution in [-0.4, -0.2) is 36.8 Å². The van der Waals surface area contributed by atoms with Gasteiger partial charge in [0.2, 0.25) is 5.91 Å². The summed E-state index contributed by atoms with van der Waals surface area (Å²) in [5, 5.41) is 5.56. The lowest BCUT2D eigenvalue weighted by molar-refractivity contribution is -0.114. The predicted molar refractivity (Wildman–Crippen MR) is 129 cm³/mol. The lowest BCUT2D eigenvalue weighted by atomic mass is 10.1. The first kappa shape index (κ1) is 26.2. The van der Waals surface area contributed by atoms with Crippen LogP contribution in [0.2, 0.25) is 0 Å². The van der Waals surface area contributed by atoms with Gasteiger partial charge in [-0.25, -0.2) is 4.79 Å². The largest absolute Gasteiger partial charge is 0.379 e. The van der Waals surface area contributed by atoms with E-state index in [0.717, 1.165) is 12.0 Å². The SMILES string of the molecule is CC[C@@H](C)N(Cc1cccc(OS(=O)(=O)c2ccc(NC(C)=O)cc2)c1)C(=O)NC(C)(C)C. The monoisotopic (exact) mass is 475 g/mol. The van der Waals surface area contributed by atoms with E-state index < -0.39 is 10.1 Å². The molecule has 1 atom stereocenters. The molecule has 33 heavy (non-hydrogen) atoms. The van der Waals surface area contributed by atoms with E-state index in [9.17, 15) is 18.0 Å². The molecule has 2 aromatic rings. The molecular weight excluding hydrogens is 442 g/mol. The second-order valence-electron chi connectivity index (χ2n) is 8.96. The van der Waals surface area contributed by atoms with E-state index in [1.807, 2.05) is 40.7 Å². The van der Waals surface area contributed by atoms with Crippen molar-refractivity contribution in [3.63, 3.8) is 0 Å². The van der Waals surface area contributed by atoms with E-state index in [1.54, 1.807) is 23.1 Å². The van der Waals surface area contributed by atoms with Crippen molar-refractivity contribution in [3.05, 3.63) is 54.1 Å². The fraction of sp³-hybridized carbons (Fsp3) is 0.417. The molecule has 0 heterocycles. The molecule has 0 aromatic heterocycles. The molecule has 0 radical (unpaired) electrons. The number of nitrogens with zero attached hydrogens (tertiary/aromatic N) is 1. The zero-order chi connectivity index (χ0) is 24.8. The Morgan fingerprint density at radius 1 is 1.09 bits per heavy atom. The number of anilines is 1. The maximum absolute atomic E-state index is 12.8. The molecule has 8 nitrogen and oxygen atoms in total. The number of rotatable bonds is 8. The van der Waals surface area contributed by atoms with Crippen LogP contribution in [0.5, 0.6) is 5.75 Å². The van der Waals surface area contributed by atoms with E-state index in [2.05, 4.69) is 10.6 Å². The fourth-order valence-electron chi connectivity index (χ4n) is 3.02. The summed E-state index contributed by atoms with van der Waals surface area (Å²) in [6.07, 6.45) is 0.774. The second-order valence-corrected chi connectivity index (χ2v) is 10.5. The Bertz CT molecular complexity index is 1080. The van der Waals surface area contributed by atoms with Crippen LogP contribution in [0.4, 0.5) is 10.5 Å². The number of amides is 3. The molecule has 0 spiro atoms. The van der Waals surface area contributed by atoms with Crippen molar-refractivity contribution in [3.8, 4) is 5.75 Å². The lowest BCUT2D eigenvalue weighted by Crippen LogP contribution is -2.50. The summed E-state index contributed by atoms with van der Waals surface area (Å²) < 4.78 is 30.7. The van der Waals surface area contributed by atoms with Gasteiger partial charge in [-0.05, 0) is 76.1 Å². The molecule has 0 unspecified atom stereocenters. The van der Waals surface area contributed by atoms with Gasteiger partial charge in [0.05, 0.1) is 0 Å². The Labute approximate surface area is 196 Å². The standard InChI is InChI=1S/C24H33N3O5S/c1-7-17(2)27(23(29)26-24(4,5)6)16-19-9-8-10-21(15-19)32-33(30,31)22-13-11-20(12-14-22)25-18(3)28/h8-15,17H,7,16H2,1-6H3,(H,25,28)(H,26,29)/t17-/m1/s1. The van der Waals surface area contributed by atoms with Crippen LogP contribution in [0.1, 0.15) is 53.5 Å². The van der Waals surface area contributed by atoms with Crippen LogP contribution in [0.25, 0.3) is 0 Å². The second kappa shape index (κ2) is 10.7. The van der Waals surface area contributed by atoms with Crippen LogP contribution in [0.3, 0.4) is 0 Å². The van der Waals surface area contributed by atoms with Crippen molar-refractivity contribution >= 4 is 27.7 Å². The summed E-state index contributed by atoms with van der Waals surface area (Å²) in [5.41, 5.74) is 0.854. The topological polar surface area (TPSA) is 105 Å². The Morgan fingerprint density at radius 2 is 1.73 bits per heavy atom. The van der Waals surface area contributed by atoms with E-state index in [0.29, 0.717) is 12.2 Å². The minimum absolute atomic E-state index is 0.0113. The Balaban J connectivity index is 2.20. The first-order chi connectivity index (χ1) is 15.3. The van der Waals surface area contributed by atoms with Crippen molar-refractivity contribution < 1.29 is 22.2 Å². The highest BCUT2D eigenvalue weighted by atomic mass is 32.2. The molecule has 9 heteroatoms. The first-order valence-electron chi connectivity index (χ1n) is 10.8. The van der Waals surface area contributed by atoms with Gasteiger partial charge in [0.1, 0.15) is 10.6 Å². The number of urea groups is 1. The molecule has 0 aliphatic carbocycles. The smallest absolute Gasteiger partial charge is 0.339 e.